The van der Waals surface area contributed by atoms with E-state index in [1.807, 2.05) is 25.8 Å². The SMILES string of the molecule is CNCCNCC(NC(=O)c1csc(-c2nc3c(cc2O)-c2nc(cs2)C(=O)NC(C(C)O)C(=O)N/C(=C(\C)OC)c2nc(cs2)C(=O)NC2c4nc(cs4)C(=O)NC(COC(=O)c4c5c6c(cccc6n4O)COC(=O)C(OC4CC6(C)OCN(C)C6C(C)O4)C2OC5)c2nc-3cs2)n1)C(N)=O. The van der Waals surface area contributed by atoms with Gasteiger partial charge in [0.25, 0.3) is 23.6 Å². The number of benzene rings is 1. The first kappa shape index (κ1) is 72.0. The first-order valence-electron chi connectivity index (χ1n) is 32.0. The minimum Gasteiger partial charge on any atom is -0.506 e. The number of aromatic nitrogens is 7. The number of hydrogen-bond acceptors (Lipinski definition) is 32. The maximum absolute atomic E-state index is 15.2. The van der Waals surface area contributed by atoms with Crippen LogP contribution in [0.25, 0.3) is 49.3 Å². The number of methoxy groups -OCH3 is 1. The third kappa shape index (κ3) is 14.4. The van der Waals surface area contributed by atoms with Crippen LogP contribution in [0.2, 0.25) is 0 Å². The molecule has 34 nitrogen and oxygen atoms in total. The third-order valence-electron chi connectivity index (χ3n) is 17.8. The van der Waals surface area contributed by atoms with Gasteiger partial charge >= 0.3 is 11.9 Å². The van der Waals surface area contributed by atoms with E-state index in [-0.39, 0.29) is 124 Å². The number of amides is 6. The number of nitrogens with zero attached hydrogens (tertiary/aromatic N) is 8. The topological polar surface area (TPSA) is 458 Å². The largest absolute Gasteiger partial charge is 0.506 e. The smallest absolute Gasteiger partial charge is 0.358 e. The van der Waals surface area contributed by atoms with Crippen LogP contribution in [0.5, 0.6) is 5.75 Å². The minimum atomic E-state index is -1.84. The second-order valence-electron chi connectivity index (χ2n) is 24.8. The lowest BCUT2D eigenvalue weighted by Crippen LogP contribution is -2.58. The highest BCUT2D eigenvalue weighted by atomic mass is 32.1. The number of carbonyl (C=O) groups excluding carboxylic acids is 8. The van der Waals surface area contributed by atoms with Gasteiger partial charge < -0.3 is 91.5 Å². The number of pyridine rings is 1. The standard InChI is InChI=1S/C64H68N16O18S5/c1-25(81)42-56(88)77-43(26(2)92-7)59-72-37(23-101-59)55(87)78-46-48-49(98-40-14-64(4)50(27(3)97-40)79(6)24-96-64)63(90)94-16-28-9-8-10-38-41(28)30(17-93-48)47(80(38)91)62(89)95-18-32(69-53(85)35-22-103-61(46)74-35)58-70-33(19-100-58)44-29(57-71-36(20-99-57)54(86)76-42)13-39(82)45(75-44)60-73-34(21-102-60)52(84)68-31(51(65)83)15-67-12-11-66-5/h8-10,13,19-23,25,27,31-32,40,42,46,48-50,66-67,81-82,91H,11-12,14-18,24H2,1-7H3,(H2,65,83)(H,68,84)(H,69,85)(H,76,86)(H,77,88)(H,78,87)/b43-26+. The lowest BCUT2D eigenvalue weighted by atomic mass is 9.86. The van der Waals surface area contributed by atoms with Gasteiger partial charge in [-0.1, -0.05) is 12.1 Å². The molecule has 12 N–H and O–H groups in total. The van der Waals surface area contributed by atoms with Crippen molar-refractivity contribution in [1.82, 2.24) is 76.8 Å². The summed E-state index contributed by atoms with van der Waals surface area (Å²) in [5.74, 6) is -7.81. The van der Waals surface area contributed by atoms with E-state index in [1.165, 1.54) is 60.0 Å². The number of ether oxygens (including phenoxy) is 7. The lowest BCUT2D eigenvalue weighted by molar-refractivity contribution is -0.268. The van der Waals surface area contributed by atoms with Crippen molar-refractivity contribution in [3.63, 3.8) is 0 Å². The molecule has 0 radical (unpaired) electrons. The molecule has 103 heavy (non-hydrogen) atoms. The first-order chi connectivity index (χ1) is 49.4. The summed E-state index contributed by atoms with van der Waals surface area (Å²) in [7, 11) is 4.96. The number of hydrogen-bond donors (Lipinski definition) is 11. The number of aromatic hydroxyl groups is 1. The number of allylic oxidation sites excluding steroid dienone is 1. The van der Waals surface area contributed by atoms with E-state index in [1.54, 1.807) is 19.2 Å². The fourth-order valence-electron chi connectivity index (χ4n) is 12.7. The van der Waals surface area contributed by atoms with E-state index in [0.717, 1.165) is 56.7 Å². The molecule has 1 aromatic carbocycles. The number of carbonyl (C=O) groups is 8. The highest BCUT2D eigenvalue weighted by Crippen LogP contribution is 2.44. The van der Waals surface area contributed by atoms with Crippen LogP contribution < -0.4 is 43.0 Å². The van der Waals surface area contributed by atoms with Gasteiger partial charge in [0.15, 0.2) is 18.1 Å². The summed E-state index contributed by atoms with van der Waals surface area (Å²) in [4.78, 5) is 146. The Hall–Kier alpha value is -9.36. The Morgan fingerprint density at radius 3 is 2.31 bits per heavy atom. The summed E-state index contributed by atoms with van der Waals surface area (Å²) >= 11 is 4.58. The summed E-state index contributed by atoms with van der Waals surface area (Å²) in [5, 5.41) is 62.4. The summed E-state index contributed by atoms with van der Waals surface area (Å²) in [6, 6.07) is -0.0102. The molecule has 6 amide bonds. The summed E-state index contributed by atoms with van der Waals surface area (Å²) in [6.45, 7) is 6.08. The third-order valence-corrected chi connectivity index (χ3v) is 22.3. The van der Waals surface area contributed by atoms with Crippen LogP contribution in [0.1, 0.15) is 125 Å². The molecule has 2 fully saturated rings. The molecule has 5 aliphatic heterocycles. The number of likely N-dealkylation sites (N-methyl/N-ethyl adjacent to an activating group) is 2. The van der Waals surface area contributed by atoms with E-state index < -0.39 is 139 Å². The van der Waals surface area contributed by atoms with E-state index >= 15 is 19.2 Å². The van der Waals surface area contributed by atoms with Crippen LogP contribution in [0.4, 0.5) is 0 Å². The average Bonchev–Trinajstić information content (AvgIpc) is 1.64. The Labute approximate surface area is 604 Å². The maximum Gasteiger partial charge on any atom is 0.358 e. The Bertz CT molecular complexity index is 4700. The molecule has 11 atom stereocenters. The summed E-state index contributed by atoms with van der Waals surface area (Å²) < 4.78 is 45.0. The van der Waals surface area contributed by atoms with Gasteiger partial charge in [0, 0.05) is 69.5 Å². The van der Waals surface area contributed by atoms with Gasteiger partial charge in [0.1, 0.15) is 126 Å². The normalized spacial score (nSPS) is 24.5. The minimum absolute atomic E-state index is 0.00127. The van der Waals surface area contributed by atoms with Crippen LogP contribution >= 0.6 is 56.7 Å². The molecule has 13 rings (SSSR count). The Morgan fingerprint density at radius 1 is 0.854 bits per heavy atom. The second kappa shape index (κ2) is 29.8. The van der Waals surface area contributed by atoms with Crippen molar-refractivity contribution in [3.05, 3.63) is 112 Å². The lowest BCUT2D eigenvalue weighted by Gasteiger charge is -2.45. The molecule has 39 heteroatoms. The number of cyclic esters (lactones) is 2. The van der Waals surface area contributed by atoms with Gasteiger partial charge in [-0.3, -0.25) is 33.7 Å². The molecule has 11 unspecified atom stereocenters. The van der Waals surface area contributed by atoms with E-state index in [0.29, 0.717) is 23.4 Å². The zero-order valence-corrected chi connectivity index (χ0v) is 59.9. The van der Waals surface area contributed by atoms with Crippen molar-refractivity contribution in [2.24, 2.45) is 5.73 Å². The molecule has 5 aliphatic rings. The van der Waals surface area contributed by atoms with Crippen molar-refractivity contribution in [1.29, 1.82) is 0 Å². The highest BCUT2D eigenvalue weighted by Gasteiger charge is 2.54. The van der Waals surface area contributed by atoms with Crippen molar-refractivity contribution >= 4 is 121 Å². The van der Waals surface area contributed by atoms with Crippen molar-refractivity contribution < 1.29 is 86.9 Å². The molecular weight excluding hydrogens is 1440 g/mol. The van der Waals surface area contributed by atoms with E-state index in [9.17, 15) is 34.6 Å². The second-order valence-corrected chi connectivity index (χ2v) is 29.1. The quantitative estimate of drug-likeness (QED) is 0.0342. The molecule has 0 aliphatic carbocycles. The number of aliphatic hydroxyl groups is 1. The Morgan fingerprint density at radius 2 is 1.55 bits per heavy atom. The zero-order chi connectivity index (χ0) is 72.9. The van der Waals surface area contributed by atoms with Crippen LogP contribution in [0, 0.1) is 0 Å². The molecule has 12 bridgehead atoms. The van der Waals surface area contributed by atoms with Crippen LogP contribution in [-0.2, 0) is 60.8 Å². The number of thiazole rings is 5. The summed E-state index contributed by atoms with van der Waals surface area (Å²) in [5.41, 5.74) is 3.73. The van der Waals surface area contributed by atoms with Crippen LogP contribution in [-0.4, -0.2) is 211 Å². The molecule has 12 heterocycles. The fourth-order valence-corrected chi connectivity index (χ4v) is 16.9. The van der Waals surface area contributed by atoms with Crippen LogP contribution in [0.3, 0.4) is 0 Å². The van der Waals surface area contributed by atoms with E-state index in [4.69, 9.17) is 53.8 Å². The number of aliphatic hydroxyl groups excluding tert-OH is 1. The Kier molecular flexibility index (Phi) is 20.8. The number of nitrogens with one attached hydrogen (secondary N) is 7. The number of esters is 2. The predicted octanol–water partition coefficient (Wildman–Crippen LogP) is 2.92. The Balaban J connectivity index is 0.962. The van der Waals surface area contributed by atoms with Gasteiger partial charge in [0.05, 0.1) is 49.8 Å². The molecule has 0 spiro atoms. The predicted molar refractivity (Wildman–Crippen MR) is 369 cm³/mol. The van der Waals surface area contributed by atoms with Crippen LogP contribution in [0.15, 0.2) is 56.9 Å². The monoisotopic (exact) mass is 1510 g/mol. The molecule has 0 saturated carbocycles. The van der Waals surface area contributed by atoms with Gasteiger partial charge in [-0.05, 0) is 59.5 Å². The zero-order valence-electron chi connectivity index (χ0n) is 55.8. The average molecular weight is 1510 g/mol. The molecule has 2 saturated heterocycles. The first-order valence-corrected chi connectivity index (χ1v) is 36.4. The van der Waals surface area contributed by atoms with Gasteiger partial charge in [0.2, 0.25) is 11.8 Å². The summed E-state index contributed by atoms with van der Waals surface area (Å²) in [6.07, 6.45) is -6.77. The van der Waals surface area contributed by atoms with Gasteiger partial charge in [-0.15, -0.1) is 56.7 Å². The van der Waals surface area contributed by atoms with Gasteiger partial charge in [-0.2, -0.15) is 4.73 Å². The maximum atomic E-state index is 15.2. The number of fused-ring (bicyclic) bond motifs is 16. The number of nitrogens with two attached hydrogens (primary N) is 1. The fraction of sp³-hybridized carbons (Fsp3) is 0.406. The van der Waals surface area contributed by atoms with Crippen molar-refractivity contribution in [3.8, 4) is 38.4 Å². The molecule has 542 valence electrons. The molecule has 7 aromatic heterocycles. The number of rotatable bonds is 13. The van der Waals surface area contributed by atoms with Crippen molar-refractivity contribution in [2.75, 3.05) is 54.2 Å². The van der Waals surface area contributed by atoms with Crippen molar-refractivity contribution in [2.45, 2.75) is 114 Å². The molecule has 8 aromatic rings. The van der Waals surface area contributed by atoms with E-state index in [2.05, 4.69) is 52.2 Å². The number of primary amides is 1. The molecular formula is C64H68N16O18S5. The highest BCUT2D eigenvalue weighted by molar-refractivity contribution is 7.14. The van der Waals surface area contributed by atoms with Gasteiger partial charge in [-0.25, -0.2) is 39.5 Å².